The Morgan fingerprint density at radius 2 is 2.57 bits per heavy atom. The Kier molecular flexibility index (Phi) is 3.28. The Balaban J connectivity index is 3.16. The Morgan fingerprint density at radius 1 is 2.00 bits per heavy atom. The lowest BCUT2D eigenvalue weighted by atomic mass is 10.5. The second kappa shape index (κ2) is 3.59. The van der Waals surface area contributed by atoms with Gasteiger partial charge in [0.05, 0.1) is 6.34 Å². The third kappa shape index (κ3) is 3.22. The van der Waals surface area contributed by atoms with E-state index in [1.807, 2.05) is 0 Å². The Bertz CT molecular complexity index is 62.7. The minimum absolute atomic E-state index is 0.397. The average molecular weight is 104 g/mol. The molecule has 0 aliphatic heterocycles. The minimum atomic E-state index is -1.11. The molecule has 0 spiro atoms. The minimum Gasteiger partial charge on any atom is -0.390 e. The molecule has 0 heterocycles. The maximum atomic E-state index is 11.9. The van der Waals surface area contributed by atoms with Crippen molar-refractivity contribution in [2.45, 2.75) is 19.6 Å². The molecule has 0 saturated heterocycles. The van der Waals surface area contributed by atoms with Gasteiger partial charge in [0.1, 0.15) is 0 Å². The summed E-state index contributed by atoms with van der Waals surface area (Å²) in [7, 11) is 0. The van der Waals surface area contributed by atoms with Gasteiger partial charge in [0.2, 0.25) is 0 Å². The molecule has 1 atom stereocenters. The van der Waals surface area contributed by atoms with E-state index in [9.17, 15) is 4.39 Å². The second-order valence-electron chi connectivity index (χ2n) is 1.14. The summed E-state index contributed by atoms with van der Waals surface area (Å²) < 4.78 is 11.9. The molecule has 0 aromatic heterocycles. The van der Waals surface area contributed by atoms with Crippen molar-refractivity contribution in [1.29, 1.82) is 0 Å². The first-order chi connectivity index (χ1) is 3.31. The number of hydrogen-bond acceptors (Lipinski definition) is 1. The Labute approximate surface area is 42.2 Å². The standard InChI is InChI=1S/C4H9FN2/c1-2-4(5)7-3-6/h3-4H,2H2,1H3,(H2,6,7). The Hall–Kier alpha value is -0.600. The maximum Gasteiger partial charge on any atom is 0.191 e. The van der Waals surface area contributed by atoms with Crippen LogP contribution in [-0.4, -0.2) is 12.6 Å². The molecule has 0 radical (unpaired) electrons. The number of halogens is 1. The van der Waals surface area contributed by atoms with Crippen LogP contribution >= 0.6 is 0 Å². The van der Waals surface area contributed by atoms with Crippen molar-refractivity contribution in [3.05, 3.63) is 0 Å². The van der Waals surface area contributed by atoms with E-state index >= 15 is 0 Å². The van der Waals surface area contributed by atoms with Crippen LogP contribution in [0.5, 0.6) is 0 Å². The van der Waals surface area contributed by atoms with E-state index in [1.165, 1.54) is 0 Å². The quantitative estimate of drug-likeness (QED) is 0.312. The van der Waals surface area contributed by atoms with Crippen molar-refractivity contribution >= 4 is 6.34 Å². The zero-order valence-corrected chi connectivity index (χ0v) is 4.26. The monoisotopic (exact) mass is 104 g/mol. The molecule has 2 nitrogen and oxygen atoms in total. The largest absolute Gasteiger partial charge is 0.390 e. The van der Waals surface area contributed by atoms with Gasteiger partial charge in [0, 0.05) is 0 Å². The molecule has 0 amide bonds. The van der Waals surface area contributed by atoms with Gasteiger partial charge in [0.15, 0.2) is 6.30 Å². The molecule has 0 bridgehead atoms. The lowest BCUT2D eigenvalue weighted by Crippen LogP contribution is -1.97. The summed E-state index contributed by atoms with van der Waals surface area (Å²) in [5, 5.41) is 0. The molecule has 0 aliphatic carbocycles. The van der Waals surface area contributed by atoms with Crippen LogP contribution in [0.1, 0.15) is 13.3 Å². The highest BCUT2D eigenvalue weighted by Crippen LogP contribution is 1.94. The van der Waals surface area contributed by atoms with E-state index in [-0.39, 0.29) is 0 Å². The molecule has 2 N–H and O–H groups in total. The lowest BCUT2D eigenvalue weighted by molar-refractivity contribution is 0.339. The van der Waals surface area contributed by atoms with E-state index in [1.54, 1.807) is 6.92 Å². The van der Waals surface area contributed by atoms with Crippen LogP contribution in [0.25, 0.3) is 0 Å². The number of hydrogen-bond donors (Lipinski definition) is 1. The van der Waals surface area contributed by atoms with Gasteiger partial charge in [-0.2, -0.15) is 0 Å². The Morgan fingerprint density at radius 3 is 2.71 bits per heavy atom. The fourth-order valence-electron chi connectivity index (χ4n) is 0.199. The van der Waals surface area contributed by atoms with Crippen LogP contribution in [0.15, 0.2) is 4.99 Å². The first-order valence-corrected chi connectivity index (χ1v) is 2.18. The van der Waals surface area contributed by atoms with E-state index in [0.717, 1.165) is 6.34 Å². The molecular weight excluding hydrogens is 95.1 g/mol. The smallest absolute Gasteiger partial charge is 0.191 e. The van der Waals surface area contributed by atoms with Crippen molar-refractivity contribution in [1.82, 2.24) is 0 Å². The summed E-state index contributed by atoms with van der Waals surface area (Å²) >= 11 is 0. The highest BCUT2D eigenvalue weighted by Gasteiger charge is 1.92. The third-order valence-electron chi connectivity index (χ3n) is 0.585. The molecule has 7 heavy (non-hydrogen) atoms. The molecule has 42 valence electrons. The summed E-state index contributed by atoms with van der Waals surface area (Å²) in [4.78, 5) is 3.23. The van der Waals surface area contributed by atoms with Crippen LogP contribution in [0.2, 0.25) is 0 Å². The summed E-state index contributed by atoms with van der Waals surface area (Å²) in [6, 6.07) is 0. The molecule has 0 aliphatic rings. The topological polar surface area (TPSA) is 38.4 Å². The summed E-state index contributed by atoms with van der Waals surface area (Å²) in [6.45, 7) is 1.71. The van der Waals surface area contributed by atoms with Gasteiger partial charge < -0.3 is 5.73 Å². The number of aliphatic imine (C=N–C) groups is 1. The van der Waals surface area contributed by atoms with Crippen LogP contribution in [-0.2, 0) is 0 Å². The van der Waals surface area contributed by atoms with E-state index < -0.39 is 6.30 Å². The van der Waals surface area contributed by atoms with Gasteiger partial charge in [-0.05, 0) is 6.42 Å². The molecule has 1 unspecified atom stereocenters. The molecular formula is C4H9FN2. The maximum absolute atomic E-state index is 11.9. The lowest BCUT2D eigenvalue weighted by Gasteiger charge is -1.91. The van der Waals surface area contributed by atoms with E-state index in [0.29, 0.717) is 6.42 Å². The van der Waals surface area contributed by atoms with Crippen molar-refractivity contribution < 1.29 is 4.39 Å². The predicted octanol–water partition coefficient (Wildman–Crippen LogP) is 0.679. The summed E-state index contributed by atoms with van der Waals surface area (Å²) in [5.41, 5.74) is 4.77. The number of rotatable bonds is 2. The number of nitrogens with zero attached hydrogens (tertiary/aromatic N) is 1. The van der Waals surface area contributed by atoms with E-state index in [2.05, 4.69) is 4.99 Å². The van der Waals surface area contributed by atoms with Gasteiger partial charge in [-0.15, -0.1) is 0 Å². The van der Waals surface area contributed by atoms with Crippen LogP contribution in [0.4, 0.5) is 4.39 Å². The highest BCUT2D eigenvalue weighted by atomic mass is 19.1. The first kappa shape index (κ1) is 6.40. The number of nitrogens with two attached hydrogens (primary N) is 1. The zero-order chi connectivity index (χ0) is 5.70. The SMILES string of the molecule is CCC(F)N=CN. The van der Waals surface area contributed by atoms with Gasteiger partial charge in [-0.3, -0.25) is 0 Å². The van der Waals surface area contributed by atoms with Crippen molar-refractivity contribution in [3.8, 4) is 0 Å². The predicted molar refractivity (Wildman–Crippen MR) is 27.9 cm³/mol. The van der Waals surface area contributed by atoms with Crippen molar-refractivity contribution in [2.75, 3.05) is 0 Å². The molecule has 0 rings (SSSR count). The fourth-order valence-corrected chi connectivity index (χ4v) is 0.199. The molecule has 0 saturated carbocycles. The molecule has 0 aromatic rings. The van der Waals surface area contributed by atoms with Gasteiger partial charge in [0.25, 0.3) is 0 Å². The van der Waals surface area contributed by atoms with Crippen LogP contribution in [0, 0.1) is 0 Å². The second-order valence-corrected chi connectivity index (χ2v) is 1.14. The first-order valence-electron chi connectivity index (χ1n) is 2.18. The van der Waals surface area contributed by atoms with Gasteiger partial charge in [-0.1, -0.05) is 6.92 Å². The number of alkyl halides is 1. The fraction of sp³-hybridized carbons (Fsp3) is 0.750. The van der Waals surface area contributed by atoms with Crippen molar-refractivity contribution in [3.63, 3.8) is 0 Å². The third-order valence-corrected chi connectivity index (χ3v) is 0.585. The average Bonchev–Trinajstić information content (AvgIpc) is 1.68. The zero-order valence-electron chi connectivity index (χ0n) is 4.26. The highest BCUT2D eigenvalue weighted by molar-refractivity contribution is 5.51. The summed E-state index contributed by atoms with van der Waals surface area (Å²) in [5.74, 6) is 0. The van der Waals surface area contributed by atoms with Gasteiger partial charge in [-0.25, -0.2) is 9.38 Å². The van der Waals surface area contributed by atoms with Gasteiger partial charge >= 0.3 is 0 Å². The van der Waals surface area contributed by atoms with E-state index in [4.69, 9.17) is 5.73 Å². The summed E-state index contributed by atoms with van der Waals surface area (Å²) in [6.07, 6.45) is 0.270. The van der Waals surface area contributed by atoms with Crippen molar-refractivity contribution in [2.24, 2.45) is 10.7 Å². The normalized spacial score (nSPS) is 15.1. The molecule has 0 fully saturated rings. The van der Waals surface area contributed by atoms with Crippen LogP contribution < -0.4 is 5.73 Å². The molecule has 3 heteroatoms. The molecule has 0 aromatic carbocycles. The van der Waals surface area contributed by atoms with Crippen LogP contribution in [0.3, 0.4) is 0 Å².